The molecule has 3 heteroatoms. The van der Waals surface area contributed by atoms with E-state index in [-0.39, 0.29) is 11.8 Å². The summed E-state index contributed by atoms with van der Waals surface area (Å²) < 4.78 is 28.2. The molecule has 0 nitrogen and oxygen atoms in total. The summed E-state index contributed by atoms with van der Waals surface area (Å²) in [5, 5.41) is 0. The molecule has 3 fully saturated rings. The zero-order valence-corrected chi connectivity index (χ0v) is 11.9. The average Bonchev–Trinajstić information content (AvgIpc) is 3.21. The predicted octanol–water partition coefficient (Wildman–Crippen LogP) is 4.49. The molecular weight excluding hydrogens is 241 g/mol. The summed E-state index contributed by atoms with van der Waals surface area (Å²) in [6.45, 7) is 2.07. The summed E-state index contributed by atoms with van der Waals surface area (Å²) >= 11 is 0. The fourth-order valence-electron chi connectivity index (χ4n) is 4.77. The van der Waals surface area contributed by atoms with Gasteiger partial charge in [0.25, 0.3) is 0 Å². The van der Waals surface area contributed by atoms with Crippen LogP contribution in [0.4, 0.5) is 8.78 Å². The van der Waals surface area contributed by atoms with Gasteiger partial charge in [-0.2, -0.15) is 0 Å². The van der Waals surface area contributed by atoms with Crippen LogP contribution in [-0.2, 0) is 0 Å². The normalized spacial score (nSPS) is 52.1. The first kappa shape index (κ1) is 13.9. The molecule has 5 atom stereocenters. The summed E-state index contributed by atoms with van der Waals surface area (Å²) in [6.07, 6.45) is 5.39. The molecular formula is C16H25BF2. The van der Waals surface area contributed by atoms with Crippen molar-refractivity contribution < 1.29 is 8.78 Å². The van der Waals surface area contributed by atoms with Gasteiger partial charge in [-0.15, -0.1) is 0 Å². The van der Waals surface area contributed by atoms with Crippen molar-refractivity contribution in [2.45, 2.75) is 70.0 Å². The van der Waals surface area contributed by atoms with Crippen LogP contribution in [0, 0.1) is 29.6 Å². The maximum atomic E-state index is 14.3. The molecule has 3 aliphatic rings. The maximum absolute atomic E-state index is 14.3. The van der Waals surface area contributed by atoms with Gasteiger partial charge in [0.05, 0.1) is 7.85 Å². The molecule has 19 heavy (non-hydrogen) atoms. The van der Waals surface area contributed by atoms with Crippen LogP contribution in [0.15, 0.2) is 0 Å². The van der Waals surface area contributed by atoms with Crippen LogP contribution >= 0.6 is 0 Å². The largest absolute Gasteiger partial charge is 0.245 e. The fraction of sp³-hybridized carbons (Fsp3) is 1.00. The highest BCUT2D eigenvalue weighted by atomic mass is 19.2. The molecule has 3 rings (SSSR count). The lowest BCUT2D eigenvalue weighted by atomic mass is 9.59. The first-order valence-electron chi connectivity index (χ1n) is 8.11. The molecule has 0 aromatic heterocycles. The third kappa shape index (κ3) is 2.71. The van der Waals surface area contributed by atoms with Gasteiger partial charge in [0.15, 0.2) is 0 Å². The standard InChI is InChI=1S/C16H25BF2/c1-9-8-13(17)15(18)16(19)14(9)12-6-4-11(5-7-12)10-2-3-10/h9-16H,2-8H2,1H3. The quantitative estimate of drug-likeness (QED) is 0.646. The number of alkyl halides is 2. The minimum absolute atomic E-state index is 0.0880. The Labute approximate surface area is 117 Å². The molecule has 0 bridgehead atoms. The zero-order chi connectivity index (χ0) is 13.6. The van der Waals surface area contributed by atoms with E-state index in [9.17, 15) is 8.78 Å². The molecule has 0 aromatic carbocycles. The Morgan fingerprint density at radius 3 is 1.79 bits per heavy atom. The summed E-state index contributed by atoms with van der Waals surface area (Å²) in [5.41, 5.74) is 0. The molecule has 106 valence electrons. The Hall–Kier alpha value is -0.0751. The lowest BCUT2D eigenvalue weighted by Crippen LogP contribution is -2.44. The fourth-order valence-corrected chi connectivity index (χ4v) is 4.77. The van der Waals surface area contributed by atoms with Gasteiger partial charge in [-0.05, 0) is 73.9 Å². The Bertz CT molecular complexity index is 310. The first-order valence-corrected chi connectivity index (χ1v) is 8.11. The van der Waals surface area contributed by atoms with Gasteiger partial charge in [-0.1, -0.05) is 13.3 Å². The SMILES string of the molecule is [B]C1CC(C)C(C2CCC(C3CC3)CC2)C(F)C1F. The van der Waals surface area contributed by atoms with Crippen LogP contribution in [0.5, 0.6) is 0 Å². The average molecular weight is 266 g/mol. The second kappa shape index (κ2) is 5.37. The van der Waals surface area contributed by atoms with Crippen LogP contribution < -0.4 is 0 Å². The molecule has 0 spiro atoms. The van der Waals surface area contributed by atoms with Crippen molar-refractivity contribution in [3.8, 4) is 0 Å². The van der Waals surface area contributed by atoms with Crippen molar-refractivity contribution in [2.24, 2.45) is 29.6 Å². The van der Waals surface area contributed by atoms with Crippen LogP contribution in [0.25, 0.3) is 0 Å². The summed E-state index contributed by atoms with van der Waals surface area (Å²) in [5.74, 6) is 1.80. The van der Waals surface area contributed by atoms with E-state index in [4.69, 9.17) is 7.85 Å². The topological polar surface area (TPSA) is 0 Å². The molecule has 0 amide bonds. The van der Waals surface area contributed by atoms with Gasteiger partial charge in [0.2, 0.25) is 0 Å². The van der Waals surface area contributed by atoms with Crippen molar-refractivity contribution in [2.75, 3.05) is 0 Å². The predicted molar refractivity (Wildman–Crippen MR) is 74.7 cm³/mol. The molecule has 3 saturated carbocycles. The van der Waals surface area contributed by atoms with E-state index in [0.717, 1.165) is 24.7 Å². The molecule has 0 aromatic rings. The number of hydrogen-bond donors (Lipinski definition) is 0. The van der Waals surface area contributed by atoms with Crippen molar-refractivity contribution in [3.63, 3.8) is 0 Å². The molecule has 5 unspecified atom stereocenters. The summed E-state index contributed by atoms with van der Waals surface area (Å²) in [6, 6.07) is 0. The van der Waals surface area contributed by atoms with Crippen molar-refractivity contribution in [1.82, 2.24) is 0 Å². The maximum Gasteiger partial charge on any atom is 0.134 e. The van der Waals surface area contributed by atoms with Gasteiger partial charge in [0, 0.05) is 0 Å². The monoisotopic (exact) mass is 266 g/mol. The first-order chi connectivity index (χ1) is 9.08. The Balaban J connectivity index is 1.61. The Morgan fingerprint density at radius 2 is 1.26 bits per heavy atom. The highest BCUT2D eigenvalue weighted by Gasteiger charge is 2.46. The highest BCUT2D eigenvalue weighted by Crippen LogP contribution is 2.50. The number of hydrogen-bond acceptors (Lipinski definition) is 0. The van der Waals surface area contributed by atoms with Crippen molar-refractivity contribution in [3.05, 3.63) is 0 Å². The molecule has 0 heterocycles. The Kier molecular flexibility index (Phi) is 3.92. The van der Waals surface area contributed by atoms with E-state index in [1.54, 1.807) is 0 Å². The van der Waals surface area contributed by atoms with E-state index in [2.05, 4.69) is 6.92 Å². The van der Waals surface area contributed by atoms with Crippen LogP contribution in [-0.4, -0.2) is 20.2 Å². The van der Waals surface area contributed by atoms with Crippen molar-refractivity contribution in [1.29, 1.82) is 0 Å². The molecule has 3 aliphatic carbocycles. The van der Waals surface area contributed by atoms with E-state index in [1.807, 2.05) is 0 Å². The third-order valence-electron chi connectivity index (χ3n) is 6.03. The van der Waals surface area contributed by atoms with Crippen LogP contribution in [0.1, 0.15) is 51.9 Å². The minimum atomic E-state index is -1.44. The van der Waals surface area contributed by atoms with Gasteiger partial charge >= 0.3 is 0 Å². The lowest BCUT2D eigenvalue weighted by Gasteiger charge is -2.44. The lowest BCUT2D eigenvalue weighted by molar-refractivity contribution is -0.0104. The number of halogens is 2. The molecule has 0 aliphatic heterocycles. The second-order valence-corrected chi connectivity index (χ2v) is 7.36. The van der Waals surface area contributed by atoms with E-state index < -0.39 is 18.2 Å². The van der Waals surface area contributed by atoms with Crippen LogP contribution in [0.2, 0.25) is 5.82 Å². The number of rotatable bonds is 2. The van der Waals surface area contributed by atoms with Gasteiger partial charge in [0.1, 0.15) is 12.3 Å². The zero-order valence-electron chi connectivity index (χ0n) is 11.9. The molecule has 0 N–H and O–H groups in total. The van der Waals surface area contributed by atoms with Gasteiger partial charge in [-0.3, -0.25) is 0 Å². The second-order valence-electron chi connectivity index (χ2n) is 7.36. The summed E-state index contributed by atoms with van der Waals surface area (Å²) in [4.78, 5) is 0. The van der Waals surface area contributed by atoms with Crippen molar-refractivity contribution >= 4 is 7.85 Å². The van der Waals surface area contributed by atoms with Gasteiger partial charge < -0.3 is 0 Å². The van der Waals surface area contributed by atoms with E-state index in [0.29, 0.717) is 12.3 Å². The minimum Gasteiger partial charge on any atom is -0.245 e. The van der Waals surface area contributed by atoms with E-state index in [1.165, 1.54) is 25.7 Å². The Morgan fingerprint density at radius 1 is 0.789 bits per heavy atom. The molecule has 2 radical (unpaired) electrons. The molecule has 0 saturated heterocycles. The summed E-state index contributed by atoms with van der Waals surface area (Å²) in [7, 11) is 5.71. The van der Waals surface area contributed by atoms with Gasteiger partial charge in [-0.25, -0.2) is 8.78 Å². The smallest absolute Gasteiger partial charge is 0.134 e. The third-order valence-corrected chi connectivity index (χ3v) is 6.03. The van der Waals surface area contributed by atoms with E-state index >= 15 is 0 Å². The highest BCUT2D eigenvalue weighted by molar-refractivity contribution is 6.12. The van der Waals surface area contributed by atoms with Crippen LogP contribution in [0.3, 0.4) is 0 Å².